The molecule has 112 valence electrons. The summed E-state index contributed by atoms with van der Waals surface area (Å²) in [4.78, 5) is 0. The Morgan fingerprint density at radius 3 is 2.38 bits per heavy atom. The molecule has 0 aliphatic heterocycles. The molecule has 5 heteroatoms. The molecule has 0 radical (unpaired) electrons. The molecule has 0 unspecified atom stereocenters. The number of tetrazole rings is 1. The summed E-state index contributed by atoms with van der Waals surface area (Å²) in [7, 11) is 0. The molecule has 1 aromatic heterocycles. The lowest BCUT2D eigenvalue weighted by Gasteiger charge is -2.30. The van der Waals surface area contributed by atoms with Crippen LogP contribution in [-0.4, -0.2) is 25.7 Å². The first-order chi connectivity index (χ1) is 10.3. The van der Waals surface area contributed by atoms with Crippen LogP contribution in [0.3, 0.4) is 0 Å². The summed E-state index contributed by atoms with van der Waals surface area (Å²) < 4.78 is 1.81. The molecule has 0 saturated heterocycles. The van der Waals surface area contributed by atoms with Crippen LogP contribution in [0.15, 0.2) is 30.3 Å². The third-order valence-electron chi connectivity index (χ3n) is 4.39. The molecule has 0 amide bonds. The fourth-order valence-corrected chi connectivity index (χ4v) is 3.19. The van der Waals surface area contributed by atoms with Gasteiger partial charge < -0.3 is 5.73 Å². The van der Waals surface area contributed by atoms with Gasteiger partial charge in [0.2, 0.25) is 0 Å². The monoisotopic (exact) mass is 285 g/mol. The lowest BCUT2D eigenvalue weighted by molar-refractivity contribution is 0.308. The predicted octanol–water partition coefficient (Wildman–Crippen LogP) is 2.65. The molecule has 1 heterocycles. The van der Waals surface area contributed by atoms with Gasteiger partial charge in [0.1, 0.15) is 0 Å². The van der Waals surface area contributed by atoms with E-state index in [1.165, 1.54) is 32.1 Å². The highest BCUT2D eigenvalue weighted by Gasteiger charge is 2.28. The molecule has 1 aromatic carbocycles. The van der Waals surface area contributed by atoms with E-state index in [2.05, 4.69) is 15.5 Å². The molecule has 1 fully saturated rings. The Bertz CT molecular complexity index is 555. The number of hydrogen-bond acceptors (Lipinski definition) is 4. The number of nitrogens with two attached hydrogens (primary N) is 1. The van der Waals surface area contributed by atoms with Crippen molar-refractivity contribution in [2.24, 2.45) is 5.73 Å². The first kappa shape index (κ1) is 14.2. The number of rotatable bonds is 3. The van der Waals surface area contributed by atoms with E-state index in [0.717, 1.165) is 30.8 Å². The Labute approximate surface area is 125 Å². The second kappa shape index (κ2) is 6.35. The van der Waals surface area contributed by atoms with Gasteiger partial charge in [0, 0.05) is 12.0 Å². The van der Waals surface area contributed by atoms with E-state index in [-0.39, 0.29) is 5.54 Å². The standard InChI is InChI=1S/C16H23N5/c17-16(11-7-2-1-3-8-12-16)13-15-18-19-20-21(15)14-9-5-4-6-10-14/h4-6,9-10H,1-3,7-8,11-13,17H2. The van der Waals surface area contributed by atoms with Crippen LogP contribution in [0.5, 0.6) is 0 Å². The second-order valence-electron chi connectivity index (χ2n) is 6.15. The van der Waals surface area contributed by atoms with Crippen molar-refractivity contribution in [3.63, 3.8) is 0 Å². The highest BCUT2D eigenvalue weighted by molar-refractivity contribution is 5.30. The molecule has 1 aliphatic rings. The molecule has 0 spiro atoms. The number of benzene rings is 1. The van der Waals surface area contributed by atoms with Gasteiger partial charge >= 0.3 is 0 Å². The summed E-state index contributed by atoms with van der Waals surface area (Å²) in [6.45, 7) is 0. The zero-order valence-electron chi connectivity index (χ0n) is 12.4. The molecule has 0 bridgehead atoms. The average Bonchev–Trinajstić information content (AvgIpc) is 2.92. The number of hydrogen-bond donors (Lipinski definition) is 1. The zero-order chi connectivity index (χ0) is 14.5. The fourth-order valence-electron chi connectivity index (χ4n) is 3.19. The Hall–Kier alpha value is -1.75. The van der Waals surface area contributed by atoms with E-state index < -0.39 is 0 Å². The van der Waals surface area contributed by atoms with E-state index in [1.807, 2.05) is 35.0 Å². The molecular weight excluding hydrogens is 262 g/mol. The molecule has 0 atom stereocenters. The lowest BCUT2D eigenvalue weighted by Crippen LogP contribution is -2.43. The van der Waals surface area contributed by atoms with Gasteiger partial charge in [-0.2, -0.15) is 4.68 Å². The summed E-state index contributed by atoms with van der Waals surface area (Å²) in [5.41, 5.74) is 7.49. The summed E-state index contributed by atoms with van der Waals surface area (Å²) in [5, 5.41) is 12.2. The summed E-state index contributed by atoms with van der Waals surface area (Å²) in [6, 6.07) is 10.0. The zero-order valence-corrected chi connectivity index (χ0v) is 12.4. The first-order valence-corrected chi connectivity index (χ1v) is 7.88. The van der Waals surface area contributed by atoms with Crippen molar-refractivity contribution in [3.05, 3.63) is 36.2 Å². The van der Waals surface area contributed by atoms with Crippen LogP contribution in [0, 0.1) is 0 Å². The van der Waals surface area contributed by atoms with Crippen LogP contribution in [0.1, 0.15) is 50.8 Å². The van der Waals surface area contributed by atoms with Crippen molar-refractivity contribution in [2.45, 2.75) is 56.9 Å². The largest absolute Gasteiger partial charge is 0.325 e. The van der Waals surface area contributed by atoms with Crippen LogP contribution >= 0.6 is 0 Å². The van der Waals surface area contributed by atoms with Crippen molar-refractivity contribution in [2.75, 3.05) is 0 Å². The molecule has 1 saturated carbocycles. The summed E-state index contributed by atoms with van der Waals surface area (Å²) >= 11 is 0. The molecule has 1 aliphatic carbocycles. The van der Waals surface area contributed by atoms with Crippen LogP contribution in [-0.2, 0) is 6.42 Å². The Balaban J connectivity index is 1.80. The van der Waals surface area contributed by atoms with Gasteiger partial charge in [-0.3, -0.25) is 0 Å². The van der Waals surface area contributed by atoms with Crippen molar-refractivity contribution >= 4 is 0 Å². The van der Waals surface area contributed by atoms with Gasteiger partial charge in [0.15, 0.2) is 5.82 Å². The molecule has 3 rings (SSSR count). The molecule has 2 aromatic rings. The van der Waals surface area contributed by atoms with Gasteiger partial charge in [0.05, 0.1) is 5.69 Å². The Kier molecular flexibility index (Phi) is 4.29. The Morgan fingerprint density at radius 2 is 1.67 bits per heavy atom. The van der Waals surface area contributed by atoms with Gasteiger partial charge in [-0.1, -0.05) is 50.3 Å². The van der Waals surface area contributed by atoms with Crippen molar-refractivity contribution < 1.29 is 0 Å². The lowest BCUT2D eigenvalue weighted by atomic mass is 9.82. The number of aromatic nitrogens is 4. The second-order valence-corrected chi connectivity index (χ2v) is 6.15. The fraction of sp³-hybridized carbons (Fsp3) is 0.562. The highest BCUT2D eigenvalue weighted by atomic mass is 15.5. The van der Waals surface area contributed by atoms with Crippen LogP contribution in [0.2, 0.25) is 0 Å². The third kappa shape index (κ3) is 3.47. The van der Waals surface area contributed by atoms with Gasteiger partial charge in [0.25, 0.3) is 0 Å². The topological polar surface area (TPSA) is 69.6 Å². The van der Waals surface area contributed by atoms with Crippen molar-refractivity contribution in [1.29, 1.82) is 0 Å². The summed E-state index contributed by atoms with van der Waals surface area (Å²) in [5.74, 6) is 0.865. The SMILES string of the molecule is NC1(Cc2nnnn2-c2ccccc2)CCCCCCC1. The van der Waals surface area contributed by atoms with E-state index in [0.29, 0.717) is 0 Å². The maximum absolute atomic E-state index is 6.66. The van der Waals surface area contributed by atoms with E-state index >= 15 is 0 Å². The van der Waals surface area contributed by atoms with E-state index in [4.69, 9.17) is 5.73 Å². The van der Waals surface area contributed by atoms with Crippen LogP contribution in [0.25, 0.3) is 5.69 Å². The quantitative estimate of drug-likeness (QED) is 0.941. The number of nitrogens with zero attached hydrogens (tertiary/aromatic N) is 4. The van der Waals surface area contributed by atoms with Crippen molar-refractivity contribution in [1.82, 2.24) is 20.2 Å². The minimum absolute atomic E-state index is 0.165. The number of para-hydroxylation sites is 1. The Morgan fingerprint density at radius 1 is 1.00 bits per heavy atom. The van der Waals surface area contributed by atoms with Gasteiger partial charge in [-0.15, -0.1) is 5.10 Å². The van der Waals surface area contributed by atoms with Crippen LogP contribution < -0.4 is 5.73 Å². The van der Waals surface area contributed by atoms with Gasteiger partial charge in [-0.05, 0) is 35.4 Å². The molecule has 21 heavy (non-hydrogen) atoms. The maximum atomic E-state index is 6.66. The third-order valence-corrected chi connectivity index (χ3v) is 4.39. The van der Waals surface area contributed by atoms with Crippen molar-refractivity contribution in [3.8, 4) is 5.69 Å². The van der Waals surface area contributed by atoms with E-state index in [1.54, 1.807) is 0 Å². The van der Waals surface area contributed by atoms with Crippen LogP contribution in [0.4, 0.5) is 0 Å². The minimum Gasteiger partial charge on any atom is -0.325 e. The molecule has 2 N–H and O–H groups in total. The molecular formula is C16H23N5. The van der Waals surface area contributed by atoms with Gasteiger partial charge in [-0.25, -0.2) is 0 Å². The molecule has 5 nitrogen and oxygen atoms in total. The summed E-state index contributed by atoms with van der Waals surface area (Å²) in [6.07, 6.45) is 9.23. The first-order valence-electron chi connectivity index (χ1n) is 7.88. The maximum Gasteiger partial charge on any atom is 0.158 e. The minimum atomic E-state index is -0.165. The average molecular weight is 285 g/mol. The smallest absolute Gasteiger partial charge is 0.158 e. The van der Waals surface area contributed by atoms with E-state index in [9.17, 15) is 0 Å². The highest BCUT2D eigenvalue weighted by Crippen LogP contribution is 2.27. The normalized spacial score (nSPS) is 18.9. The predicted molar refractivity (Wildman–Crippen MR) is 82.1 cm³/mol.